The molecule has 0 spiro atoms. The van der Waals surface area contributed by atoms with Crippen molar-refractivity contribution in [1.82, 2.24) is 20.2 Å². The van der Waals surface area contributed by atoms with Gasteiger partial charge in [0.2, 0.25) is 0 Å². The number of rotatable bonds is 3. The fourth-order valence-electron chi connectivity index (χ4n) is 1.50. The quantitative estimate of drug-likeness (QED) is 0.475. The monoisotopic (exact) mass is 237 g/mol. The van der Waals surface area contributed by atoms with Crippen LogP contribution < -0.4 is 11.3 Å². The molecule has 0 amide bonds. The molecule has 2 heterocycles. The molecule has 0 aromatic carbocycles. The summed E-state index contributed by atoms with van der Waals surface area (Å²) >= 11 is 5.73. The topological polar surface area (TPSA) is 68.8 Å². The fourth-order valence-corrected chi connectivity index (χ4v) is 1.61. The molecule has 2 rings (SSSR count). The van der Waals surface area contributed by atoms with Gasteiger partial charge in [-0.2, -0.15) is 5.10 Å². The van der Waals surface area contributed by atoms with E-state index in [4.69, 9.17) is 17.4 Å². The second-order valence-corrected chi connectivity index (χ2v) is 3.82. The number of aryl methyl sites for hydroxylation is 1. The standard InChI is InChI=1S/C10H12ClN5/c1-16-5-4-8(15-16)10(14-12)7-2-3-9(11)13-6-7/h2-6,10,14H,12H2,1H3. The van der Waals surface area contributed by atoms with Crippen LogP contribution in [0.1, 0.15) is 17.3 Å². The van der Waals surface area contributed by atoms with Gasteiger partial charge in [-0.05, 0) is 17.7 Å². The molecule has 0 aliphatic carbocycles. The number of aromatic nitrogens is 3. The van der Waals surface area contributed by atoms with Crippen molar-refractivity contribution in [2.24, 2.45) is 12.9 Å². The Morgan fingerprint density at radius 2 is 2.25 bits per heavy atom. The fraction of sp³-hybridized carbons (Fsp3) is 0.200. The molecule has 0 saturated heterocycles. The molecular formula is C10H12ClN5. The maximum absolute atomic E-state index is 5.73. The Hall–Kier alpha value is -1.43. The zero-order valence-electron chi connectivity index (χ0n) is 8.76. The highest BCUT2D eigenvalue weighted by Gasteiger charge is 2.15. The molecule has 3 N–H and O–H groups in total. The van der Waals surface area contributed by atoms with Gasteiger partial charge in [0.15, 0.2) is 0 Å². The highest BCUT2D eigenvalue weighted by molar-refractivity contribution is 6.29. The SMILES string of the molecule is Cn1ccc(C(NN)c2ccc(Cl)nc2)n1. The van der Waals surface area contributed by atoms with E-state index in [1.54, 1.807) is 16.9 Å². The van der Waals surface area contributed by atoms with Crippen LogP contribution in [0.25, 0.3) is 0 Å². The van der Waals surface area contributed by atoms with Crippen LogP contribution in [0, 0.1) is 0 Å². The van der Waals surface area contributed by atoms with Gasteiger partial charge in [-0.25, -0.2) is 10.4 Å². The summed E-state index contributed by atoms with van der Waals surface area (Å²) in [6, 6.07) is 5.32. The van der Waals surface area contributed by atoms with Gasteiger partial charge >= 0.3 is 0 Å². The van der Waals surface area contributed by atoms with Crippen molar-refractivity contribution in [3.8, 4) is 0 Å². The third-order valence-electron chi connectivity index (χ3n) is 2.28. The zero-order valence-corrected chi connectivity index (χ0v) is 9.52. The number of halogens is 1. The first-order chi connectivity index (χ1) is 7.70. The van der Waals surface area contributed by atoms with Gasteiger partial charge in [0.25, 0.3) is 0 Å². The molecule has 1 atom stereocenters. The van der Waals surface area contributed by atoms with Crippen molar-refractivity contribution in [2.45, 2.75) is 6.04 Å². The van der Waals surface area contributed by atoms with Crippen LogP contribution in [-0.4, -0.2) is 14.8 Å². The van der Waals surface area contributed by atoms with Crippen LogP contribution in [0.4, 0.5) is 0 Å². The van der Waals surface area contributed by atoms with E-state index in [1.807, 2.05) is 25.4 Å². The summed E-state index contributed by atoms with van der Waals surface area (Å²) in [5.74, 6) is 5.52. The Morgan fingerprint density at radius 3 is 2.75 bits per heavy atom. The minimum absolute atomic E-state index is 0.175. The predicted octanol–water partition coefficient (Wildman–Crippen LogP) is 1.02. The van der Waals surface area contributed by atoms with Gasteiger partial charge < -0.3 is 0 Å². The van der Waals surface area contributed by atoms with Gasteiger partial charge in [-0.3, -0.25) is 10.5 Å². The first-order valence-corrected chi connectivity index (χ1v) is 5.15. The molecule has 5 nitrogen and oxygen atoms in total. The van der Waals surface area contributed by atoms with Crippen molar-refractivity contribution in [3.63, 3.8) is 0 Å². The molecular weight excluding hydrogens is 226 g/mol. The minimum atomic E-state index is -0.175. The van der Waals surface area contributed by atoms with Crippen LogP contribution in [-0.2, 0) is 7.05 Å². The minimum Gasteiger partial charge on any atom is -0.275 e. The number of nitrogens with zero attached hydrogens (tertiary/aromatic N) is 3. The van der Waals surface area contributed by atoms with Crippen LogP contribution in [0.2, 0.25) is 5.15 Å². The smallest absolute Gasteiger partial charge is 0.129 e. The van der Waals surface area contributed by atoms with Crippen LogP contribution >= 0.6 is 11.6 Å². The third-order valence-corrected chi connectivity index (χ3v) is 2.50. The van der Waals surface area contributed by atoms with Gasteiger partial charge in [-0.15, -0.1) is 0 Å². The Balaban J connectivity index is 2.32. The summed E-state index contributed by atoms with van der Waals surface area (Å²) in [4.78, 5) is 4.02. The third kappa shape index (κ3) is 2.21. The predicted molar refractivity (Wildman–Crippen MR) is 61.6 cm³/mol. The van der Waals surface area contributed by atoms with Crippen molar-refractivity contribution >= 4 is 11.6 Å². The molecule has 0 saturated carbocycles. The second kappa shape index (κ2) is 4.61. The van der Waals surface area contributed by atoms with E-state index in [2.05, 4.69) is 15.5 Å². The lowest BCUT2D eigenvalue weighted by atomic mass is 10.1. The molecule has 0 aliphatic heterocycles. The van der Waals surface area contributed by atoms with E-state index in [9.17, 15) is 0 Å². The number of nitrogens with one attached hydrogen (secondary N) is 1. The lowest BCUT2D eigenvalue weighted by Gasteiger charge is -2.13. The number of nitrogens with two attached hydrogens (primary N) is 1. The lowest BCUT2D eigenvalue weighted by molar-refractivity contribution is 0.602. The Bertz CT molecular complexity index is 464. The summed E-state index contributed by atoms with van der Waals surface area (Å²) in [6.45, 7) is 0. The highest BCUT2D eigenvalue weighted by Crippen LogP contribution is 2.19. The van der Waals surface area contributed by atoms with Crippen molar-refractivity contribution in [2.75, 3.05) is 0 Å². The normalized spacial score (nSPS) is 12.7. The Kier molecular flexibility index (Phi) is 3.19. The van der Waals surface area contributed by atoms with Crippen molar-refractivity contribution < 1.29 is 0 Å². The van der Waals surface area contributed by atoms with E-state index < -0.39 is 0 Å². The first kappa shape index (κ1) is 11.1. The van der Waals surface area contributed by atoms with Crippen LogP contribution in [0.15, 0.2) is 30.6 Å². The number of pyridine rings is 1. The van der Waals surface area contributed by atoms with E-state index in [0.717, 1.165) is 11.3 Å². The second-order valence-electron chi connectivity index (χ2n) is 3.43. The van der Waals surface area contributed by atoms with Crippen LogP contribution in [0.3, 0.4) is 0 Å². The van der Waals surface area contributed by atoms with Crippen LogP contribution in [0.5, 0.6) is 0 Å². The zero-order chi connectivity index (χ0) is 11.5. The summed E-state index contributed by atoms with van der Waals surface area (Å²) in [5, 5.41) is 4.75. The van der Waals surface area contributed by atoms with Gasteiger partial charge in [0.1, 0.15) is 5.15 Å². The summed E-state index contributed by atoms with van der Waals surface area (Å²) in [7, 11) is 1.86. The van der Waals surface area contributed by atoms with Gasteiger partial charge in [0.05, 0.1) is 11.7 Å². The largest absolute Gasteiger partial charge is 0.275 e. The van der Waals surface area contributed by atoms with E-state index in [-0.39, 0.29) is 6.04 Å². The maximum atomic E-state index is 5.73. The Morgan fingerprint density at radius 1 is 1.44 bits per heavy atom. The summed E-state index contributed by atoms with van der Waals surface area (Å²) in [6.07, 6.45) is 3.55. The van der Waals surface area contributed by atoms with Crippen molar-refractivity contribution in [3.05, 3.63) is 47.0 Å². The van der Waals surface area contributed by atoms with E-state index >= 15 is 0 Å². The molecule has 0 bridgehead atoms. The number of hydrazine groups is 1. The molecule has 2 aromatic rings. The summed E-state index contributed by atoms with van der Waals surface area (Å²) in [5.41, 5.74) is 4.47. The molecule has 16 heavy (non-hydrogen) atoms. The number of hydrogen-bond donors (Lipinski definition) is 2. The van der Waals surface area contributed by atoms with E-state index in [0.29, 0.717) is 5.15 Å². The molecule has 0 radical (unpaired) electrons. The first-order valence-electron chi connectivity index (χ1n) is 4.78. The number of hydrogen-bond acceptors (Lipinski definition) is 4. The Labute approximate surface area is 98.2 Å². The average molecular weight is 238 g/mol. The average Bonchev–Trinajstić information content (AvgIpc) is 2.69. The molecule has 6 heteroatoms. The molecule has 2 aromatic heterocycles. The van der Waals surface area contributed by atoms with E-state index in [1.165, 1.54) is 0 Å². The summed E-state index contributed by atoms with van der Waals surface area (Å²) < 4.78 is 1.73. The molecule has 84 valence electrons. The maximum Gasteiger partial charge on any atom is 0.129 e. The molecule has 0 aliphatic rings. The molecule has 0 fully saturated rings. The molecule has 1 unspecified atom stereocenters. The van der Waals surface area contributed by atoms with Gasteiger partial charge in [-0.1, -0.05) is 17.7 Å². The van der Waals surface area contributed by atoms with Crippen molar-refractivity contribution in [1.29, 1.82) is 0 Å². The highest BCUT2D eigenvalue weighted by atomic mass is 35.5. The van der Waals surface area contributed by atoms with Gasteiger partial charge in [0, 0.05) is 19.4 Å². The lowest BCUT2D eigenvalue weighted by Crippen LogP contribution is -2.29.